The van der Waals surface area contributed by atoms with Crippen LogP contribution in [0.15, 0.2) is 36.4 Å². The van der Waals surface area contributed by atoms with Crippen LogP contribution in [0.2, 0.25) is 10.0 Å². The lowest BCUT2D eigenvalue weighted by Gasteiger charge is -2.09. The van der Waals surface area contributed by atoms with Crippen LogP contribution in [0.1, 0.15) is 5.82 Å². The van der Waals surface area contributed by atoms with Crippen LogP contribution < -0.4 is 0 Å². The Balaban J connectivity index is 2.30. The van der Waals surface area contributed by atoms with Crippen molar-refractivity contribution in [3.63, 3.8) is 0 Å². The molecule has 0 aliphatic rings. The molecule has 0 N–H and O–H groups in total. The van der Waals surface area contributed by atoms with Crippen LogP contribution in [0, 0.1) is 3.57 Å². The molecule has 1 aromatic heterocycles. The molecule has 0 unspecified atom stereocenters. The van der Waals surface area contributed by atoms with E-state index in [1.807, 2.05) is 34.9 Å². The Morgan fingerprint density at radius 2 is 1.85 bits per heavy atom. The van der Waals surface area contributed by atoms with E-state index in [1.54, 1.807) is 6.07 Å². The van der Waals surface area contributed by atoms with E-state index in [9.17, 15) is 0 Å². The Bertz CT molecular complexity index is 798. The normalized spacial score (nSPS) is 11.2. The molecule has 2 aromatic carbocycles. The Kier molecular flexibility index (Phi) is 4.13. The fourth-order valence-corrected chi connectivity index (χ4v) is 3.05. The third kappa shape index (κ3) is 2.52. The van der Waals surface area contributed by atoms with Crippen molar-refractivity contribution in [3.05, 3.63) is 55.8 Å². The third-order valence-corrected chi connectivity index (χ3v) is 4.62. The molecule has 1 heterocycles. The molecule has 20 heavy (non-hydrogen) atoms. The highest BCUT2D eigenvalue weighted by atomic mass is 127. The van der Waals surface area contributed by atoms with E-state index in [4.69, 9.17) is 34.8 Å². The number of imidazole rings is 1. The average Bonchev–Trinajstić information content (AvgIpc) is 2.79. The lowest BCUT2D eigenvalue weighted by atomic mass is 10.2. The van der Waals surface area contributed by atoms with Crippen molar-refractivity contribution in [1.29, 1.82) is 0 Å². The predicted molar refractivity (Wildman–Crippen MR) is 93.4 cm³/mol. The average molecular weight is 437 g/mol. The Hall–Kier alpha value is -0.490. The summed E-state index contributed by atoms with van der Waals surface area (Å²) >= 11 is 20.4. The summed E-state index contributed by atoms with van der Waals surface area (Å²) in [5, 5.41) is 1.04. The smallest absolute Gasteiger partial charge is 0.129 e. The minimum absolute atomic E-state index is 0.325. The first-order valence-electron chi connectivity index (χ1n) is 5.78. The zero-order valence-electron chi connectivity index (χ0n) is 10.1. The fourth-order valence-electron chi connectivity index (χ4n) is 2.11. The summed E-state index contributed by atoms with van der Waals surface area (Å²) in [6, 6.07) is 11.6. The van der Waals surface area contributed by atoms with Gasteiger partial charge < -0.3 is 0 Å². The van der Waals surface area contributed by atoms with Gasteiger partial charge in [0, 0.05) is 9.26 Å². The molecule has 3 aromatic rings. The van der Waals surface area contributed by atoms with Gasteiger partial charge in [-0.2, -0.15) is 0 Å². The zero-order chi connectivity index (χ0) is 14.3. The van der Waals surface area contributed by atoms with Gasteiger partial charge in [0.2, 0.25) is 0 Å². The highest BCUT2D eigenvalue weighted by Crippen LogP contribution is 2.29. The molecule has 0 amide bonds. The van der Waals surface area contributed by atoms with Gasteiger partial charge in [-0.25, -0.2) is 4.98 Å². The molecule has 0 aliphatic heterocycles. The Morgan fingerprint density at radius 1 is 1.05 bits per heavy atom. The summed E-state index contributed by atoms with van der Waals surface area (Å²) in [5.41, 5.74) is 2.82. The number of hydrogen-bond donors (Lipinski definition) is 0. The van der Waals surface area contributed by atoms with Crippen LogP contribution in [-0.4, -0.2) is 9.55 Å². The predicted octanol–water partition coefficient (Wildman–Crippen LogP) is 5.68. The SMILES string of the molecule is ClCc1nc2cc(I)ccc2n1-c1ccc(Cl)c(Cl)c1. The number of aromatic nitrogens is 2. The van der Waals surface area contributed by atoms with Gasteiger partial charge in [-0.1, -0.05) is 23.2 Å². The van der Waals surface area contributed by atoms with Crippen molar-refractivity contribution in [1.82, 2.24) is 9.55 Å². The highest BCUT2D eigenvalue weighted by Gasteiger charge is 2.13. The lowest BCUT2D eigenvalue weighted by Crippen LogP contribution is -1.99. The quantitative estimate of drug-likeness (QED) is 0.373. The van der Waals surface area contributed by atoms with Gasteiger partial charge in [0.15, 0.2) is 0 Å². The first-order chi connectivity index (χ1) is 9.60. The highest BCUT2D eigenvalue weighted by molar-refractivity contribution is 14.1. The second kappa shape index (κ2) is 5.72. The van der Waals surface area contributed by atoms with E-state index < -0.39 is 0 Å². The van der Waals surface area contributed by atoms with E-state index in [0.29, 0.717) is 15.9 Å². The van der Waals surface area contributed by atoms with Crippen molar-refractivity contribution in [2.24, 2.45) is 0 Å². The molecule has 0 spiro atoms. The fraction of sp³-hybridized carbons (Fsp3) is 0.0714. The van der Waals surface area contributed by atoms with Crippen LogP contribution in [0.5, 0.6) is 0 Å². The summed E-state index contributed by atoms with van der Waals surface area (Å²) in [5.74, 6) is 1.10. The van der Waals surface area contributed by atoms with E-state index >= 15 is 0 Å². The summed E-state index contributed by atoms with van der Waals surface area (Å²) in [6.45, 7) is 0. The molecule has 3 rings (SSSR count). The summed E-state index contributed by atoms with van der Waals surface area (Å²) in [7, 11) is 0. The molecule has 0 aliphatic carbocycles. The summed E-state index contributed by atoms with van der Waals surface area (Å²) in [4.78, 5) is 4.57. The van der Waals surface area contributed by atoms with Gasteiger partial charge >= 0.3 is 0 Å². The molecular formula is C14H8Cl3IN2. The maximum Gasteiger partial charge on any atom is 0.129 e. The maximum absolute atomic E-state index is 6.10. The summed E-state index contributed by atoms with van der Waals surface area (Å²) in [6.07, 6.45) is 0. The van der Waals surface area contributed by atoms with Gasteiger partial charge in [-0.15, -0.1) is 11.6 Å². The minimum Gasteiger partial charge on any atom is -0.295 e. The number of halogens is 4. The number of alkyl halides is 1. The van der Waals surface area contributed by atoms with Crippen LogP contribution in [0.4, 0.5) is 0 Å². The van der Waals surface area contributed by atoms with Crippen LogP contribution in [0.25, 0.3) is 16.7 Å². The minimum atomic E-state index is 0.325. The number of nitrogens with zero attached hydrogens (tertiary/aromatic N) is 2. The number of fused-ring (bicyclic) bond motifs is 1. The molecular weight excluding hydrogens is 429 g/mol. The van der Waals surface area contributed by atoms with Crippen LogP contribution in [-0.2, 0) is 5.88 Å². The van der Waals surface area contributed by atoms with E-state index in [0.717, 1.165) is 26.1 Å². The lowest BCUT2D eigenvalue weighted by molar-refractivity contribution is 0.982. The van der Waals surface area contributed by atoms with Crippen molar-refractivity contribution in [2.45, 2.75) is 5.88 Å². The van der Waals surface area contributed by atoms with E-state index in [1.165, 1.54) is 0 Å². The first kappa shape index (κ1) is 14.4. The molecule has 0 saturated carbocycles. The topological polar surface area (TPSA) is 17.8 Å². The number of rotatable bonds is 2. The summed E-state index contributed by atoms with van der Waals surface area (Å²) < 4.78 is 3.13. The second-order valence-corrected chi connectivity index (χ2v) is 6.56. The van der Waals surface area contributed by atoms with Gasteiger partial charge in [0.05, 0.1) is 27.0 Å². The van der Waals surface area contributed by atoms with Crippen LogP contribution >= 0.6 is 57.4 Å². The molecule has 2 nitrogen and oxygen atoms in total. The van der Waals surface area contributed by atoms with Crippen molar-refractivity contribution in [2.75, 3.05) is 0 Å². The van der Waals surface area contributed by atoms with Gasteiger partial charge in [-0.3, -0.25) is 4.57 Å². The molecule has 6 heteroatoms. The number of hydrogen-bond acceptors (Lipinski definition) is 1. The second-order valence-electron chi connectivity index (χ2n) is 4.23. The van der Waals surface area contributed by atoms with Crippen molar-refractivity contribution in [3.8, 4) is 5.69 Å². The zero-order valence-corrected chi connectivity index (χ0v) is 14.5. The maximum atomic E-state index is 6.10. The van der Waals surface area contributed by atoms with Crippen molar-refractivity contribution >= 4 is 68.4 Å². The molecule has 102 valence electrons. The first-order valence-corrected chi connectivity index (χ1v) is 8.15. The van der Waals surface area contributed by atoms with E-state index in [-0.39, 0.29) is 0 Å². The molecule has 0 fully saturated rings. The largest absolute Gasteiger partial charge is 0.295 e. The molecule has 0 saturated heterocycles. The Morgan fingerprint density at radius 3 is 2.55 bits per heavy atom. The van der Waals surface area contributed by atoms with E-state index in [2.05, 4.69) is 27.6 Å². The van der Waals surface area contributed by atoms with Gasteiger partial charge in [0.25, 0.3) is 0 Å². The standard InChI is InChI=1S/C14H8Cl3IN2/c15-7-14-19-12-5-8(18)1-4-13(12)20(14)9-2-3-10(16)11(17)6-9/h1-6H,7H2. The van der Waals surface area contributed by atoms with Crippen LogP contribution in [0.3, 0.4) is 0 Å². The van der Waals surface area contributed by atoms with Gasteiger partial charge in [-0.05, 0) is 59.0 Å². The van der Waals surface area contributed by atoms with Gasteiger partial charge in [0.1, 0.15) is 5.82 Å². The monoisotopic (exact) mass is 436 g/mol. The molecule has 0 atom stereocenters. The molecule has 0 bridgehead atoms. The third-order valence-electron chi connectivity index (χ3n) is 2.97. The molecule has 0 radical (unpaired) electrons. The Labute approximate surface area is 144 Å². The number of benzene rings is 2. The van der Waals surface area contributed by atoms with Crippen molar-refractivity contribution < 1.29 is 0 Å².